The van der Waals surface area contributed by atoms with Crippen LogP contribution in [-0.2, 0) is 4.74 Å². The van der Waals surface area contributed by atoms with Crippen molar-refractivity contribution in [3.63, 3.8) is 0 Å². The number of nitrogens with zero attached hydrogens (tertiary/aromatic N) is 4. The number of carbonyl (C=O) groups is 2. The highest BCUT2D eigenvalue weighted by molar-refractivity contribution is 5.99. The Hall–Kier alpha value is -2.84. The molecule has 2 aromatic rings. The Bertz CT molecular complexity index is 873. The molecule has 9 nitrogen and oxygen atoms in total. The molecule has 2 N–H and O–H groups in total. The fraction of sp³-hybridized carbons (Fsp3) is 0.600. The van der Waals surface area contributed by atoms with Crippen LogP contribution in [0.3, 0.4) is 0 Å². The van der Waals surface area contributed by atoms with Crippen molar-refractivity contribution in [3.8, 4) is 0 Å². The molecular formula is C20H30N6O3. The molecule has 0 aromatic carbocycles. The van der Waals surface area contributed by atoms with Gasteiger partial charge < -0.3 is 20.3 Å². The molecule has 1 aliphatic heterocycles. The Balaban J connectivity index is 1.53. The van der Waals surface area contributed by atoms with Gasteiger partial charge in [-0.2, -0.15) is 5.10 Å². The molecule has 2 amide bonds. The summed E-state index contributed by atoms with van der Waals surface area (Å²) in [6, 6.07) is 2.38. The number of fused-ring (bicyclic) bond motifs is 1. The van der Waals surface area contributed by atoms with Crippen molar-refractivity contribution >= 4 is 23.5 Å². The lowest BCUT2D eigenvalue weighted by Gasteiger charge is -2.22. The number of nitrogens with one attached hydrogen (secondary N) is 2. The molecule has 0 radical (unpaired) electrons. The van der Waals surface area contributed by atoms with Crippen LogP contribution in [0.15, 0.2) is 18.5 Å². The first-order valence-electron chi connectivity index (χ1n) is 10.1. The molecule has 3 rings (SSSR count). The largest absolute Gasteiger partial charge is 0.444 e. The Morgan fingerprint density at radius 1 is 1.28 bits per heavy atom. The van der Waals surface area contributed by atoms with E-state index in [0.29, 0.717) is 36.8 Å². The van der Waals surface area contributed by atoms with E-state index in [1.54, 1.807) is 4.52 Å². The summed E-state index contributed by atoms with van der Waals surface area (Å²) < 4.78 is 6.79. The van der Waals surface area contributed by atoms with Crippen LogP contribution in [0.1, 0.15) is 57.3 Å². The zero-order valence-corrected chi connectivity index (χ0v) is 17.6. The highest BCUT2D eigenvalue weighted by atomic mass is 16.6. The summed E-state index contributed by atoms with van der Waals surface area (Å²) in [6.45, 7) is 9.44. The van der Waals surface area contributed by atoms with Crippen LogP contribution in [0.2, 0.25) is 0 Å². The van der Waals surface area contributed by atoms with Crippen LogP contribution in [-0.4, -0.2) is 57.9 Å². The fourth-order valence-electron chi connectivity index (χ4n) is 3.34. The van der Waals surface area contributed by atoms with E-state index >= 15 is 0 Å². The van der Waals surface area contributed by atoms with Gasteiger partial charge in [-0.1, -0.05) is 0 Å². The van der Waals surface area contributed by atoms with Crippen molar-refractivity contribution in [2.75, 3.05) is 24.5 Å². The summed E-state index contributed by atoms with van der Waals surface area (Å²) in [5.74, 6) is 0.648. The van der Waals surface area contributed by atoms with Gasteiger partial charge in [0.15, 0.2) is 5.65 Å². The predicted molar refractivity (Wildman–Crippen MR) is 110 cm³/mol. The Morgan fingerprint density at radius 3 is 2.72 bits per heavy atom. The lowest BCUT2D eigenvalue weighted by molar-refractivity contribution is 0.0527. The van der Waals surface area contributed by atoms with Gasteiger partial charge in [0.05, 0.1) is 6.20 Å². The van der Waals surface area contributed by atoms with Crippen molar-refractivity contribution in [3.05, 3.63) is 24.0 Å². The van der Waals surface area contributed by atoms with Crippen molar-refractivity contribution in [2.45, 2.75) is 58.6 Å². The van der Waals surface area contributed by atoms with Gasteiger partial charge in [-0.3, -0.25) is 4.79 Å². The topological polar surface area (TPSA) is 101 Å². The van der Waals surface area contributed by atoms with Crippen LogP contribution < -0.4 is 15.5 Å². The van der Waals surface area contributed by atoms with Gasteiger partial charge in [0, 0.05) is 31.9 Å². The van der Waals surface area contributed by atoms with Crippen LogP contribution in [0.25, 0.3) is 5.65 Å². The highest BCUT2D eigenvalue weighted by Crippen LogP contribution is 2.24. The lowest BCUT2D eigenvalue weighted by atomic mass is 10.2. The molecule has 2 aromatic heterocycles. The van der Waals surface area contributed by atoms with Crippen molar-refractivity contribution in [2.24, 2.45) is 0 Å². The van der Waals surface area contributed by atoms with Gasteiger partial charge in [0.1, 0.15) is 17.0 Å². The third kappa shape index (κ3) is 5.36. The van der Waals surface area contributed by atoms with E-state index < -0.39 is 11.7 Å². The first-order chi connectivity index (χ1) is 13.7. The molecule has 1 fully saturated rings. The number of amides is 2. The minimum atomic E-state index is -0.527. The number of aromatic nitrogens is 3. The molecule has 0 spiro atoms. The molecular weight excluding hydrogens is 372 g/mol. The maximum atomic E-state index is 12.6. The zero-order valence-electron chi connectivity index (χ0n) is 17.6. The molecule has 29 heavy (non-hydrogen) atoms. The molecule has 158 valence electrons. The first-order valence-corrected chi connectivity index (χ1v) is 10.1. The number of rotatable bonds is 6. The molecule has 1 saturated heterocycles. The van der Waals surface area contributed by atoms with E-state index in [1.165, 1.54) is 6.20 Å². The molecule has 1 unspecified atom stereocenters. The second-order valence-corrected chi connectivity index (χ2v) is 8.33. The van der Waals surface area contributed by atoms with E-state index in [1.807, 2.05) is 33.0 Å². The fourth-order valence-corrected chi connectivity index (χ4v) is 3.34. The van der Waals surface area contributed by atoms with Crippen LogP contribution in [0.5, 0.6) is 0 Å². The maximum absolute atomic E-state index is 12.6. The van der Waals surface area contributed by atoms with Gasteiger partial charge in [-0.05, 0) is 53.0 Å². The second kappa shape index (κ2) is 8.67. The predicted octanol–water partition coefficient (Wildman–Crippen LogP) is 2.36. The average molecular weight is 402 g/mol. The quantitative estimate of drug-likeness (QED) is 0.720. The summed E-state index contributed by atoms with van der Waals surface area (Å²) in [5, 5.41) is 9.76. The monoisotopic (exact) mass is 402 g/mol. The Kier molecular flexibility index (Phi) is 6.24. The molecule has 0 saturated carbocycles. The SMILES string of the molecule is CC1CCCN1c1ccn2ncc(C(=O)NCCCNC(=O)OC(C)(C)C)c2n1. The maximum Gasteiger partial charge on any atom is 0.407 e. The van der Waals surface area contributed by atoms with E-state index in [2.05, 4.69) is 32.5 Å². The van der Waals surface area contributed by atoms with Gasteiger partial charge >= 0.3 is 6.09 Å². The normalized spacial score (nSPS) is 16.8. The van der Waals surface area contributed by atoms with Gasteiger partial charge in [0.25, 0.3) is 5.91 Å². The Morgan fingerprint density at radius 2 is 2.03 bits per heavy atom. The van der Waals surface area contributed by atoms with Gasteiger partial charge in [0.2, 0.25) is 0 Å². The smallest absolute Gasteiger partial charge is 0.407 e. The van der Waals surface area contributed by atoms with Gasteiger partial charge in [-0.15, -0.1) is 0 Å². The number of ether oxygens (including phenoxy) is 1. The molecule has 0 aliphatic carbocycles. The third-order valence-corrected chi connectivity index (χ3v) is 4.75. The van der Waals surface area contributed by atoms with E-state index in [9.17, 15) is 9.59 Å². The number of hydrogen-bond acceptors (Lipinski definition) is 6. The Labute approximate surface area is 170 Å². The second-order valence-electron chi connectivity index (χ2n) is 8.33. The number of anilines is 1. The average Bonchev–Trinajstić information content (AvgIpc) is 3.25. The van der Waals surface area contributed by atoms with Crippen LogP contribution >= 0.6 is 0 Å². The van der Waals surface area contributed by atoms with E-state index in [4.69, 9.17) is 4.74 Å². The first kappa shape index (κ1) is 20.9. The highest BCUT2D eigenvalue weighted by Gasteiger charge is 2.23. The van der Waals surface area contributed by atoms with Gasteiger partial charge in [-0.25, -0.2) is 14.3 Å². The van der Waals surface area contributed by atoms with Crippen molar-refractivity contribution in [1.82, 2.24) is 25.2 Å². The number of hydrogen-bond donors (Lipinski definition) is 2. The molecule has 1 atom stereocenters. The third-order valence-electron chi connectivity index (χ3n) is 4.75. The van der Waals surface area contributed by atoms with Crippen LogP contribution in [0.4, 0.5) is 10.6 Å². The minimum absolute atomic E-state index is 0.226. The summed E-state index contributed by atoms with van der Waals surface area (Å²) in [6.07, 6.45) is 5.81. The molecule has 9 heteroatoms. The summed E-state index contributed by atoms with van der Waals surface area (Å²) in [5.41, 5.74) is 0.463. The van der Waals surface area contributed by atoms with Crippen molar-refractivity contribution < 1.29 is 14.3 Å². The molecule has 1 aliphatic rings. The standard InChI is InChI=1S/C20H30N6O3/c1-14-7-5-11-25(14)16-8-12-26-17(24-16)15(13-23-26)18(27)21-9-6-10-22-19(28)29-20(2,3)4/h8,12-14H,5-7,9-11H2,1-4H3,(H,21,27)(H,22,28). The lowest BCUT2D eigenvalue weighted by Crippen LogP contribution is -2.34. The number of carbonyl (C=O) groups excluding carboxylic acids is 2. The molecule has 0 bridgehead atoms. The number of alkyl carbamates (subject to hydrolysis) is 1. The van der Waals surface area contributed by atoms with Crippen LogP contribution in [0, 0.1) is 0 Å². The van der Waals surface area contributed by atoms with E-state index in [0.717, 1.165) is 25.2 Å². The summed E-state index contributed by atoms with van der Waals surface area (Å²) in [4.78, 5) is 31.1. The summed E-state index contributed by atoms with van der Waals surface area (Å²) in [7, 11) is 0. The summed E-state index contributed by atoms with van der Waals surface area (Å²) >= 11 is 0. The minimum Gasteiger partial charge on any atom is -0.444 e. The molecule has 3 heterocycles. The van der Waals surface area contributed by atoms with Crippen molar-refractivity contribution in [1.29, 1.82) is 0 Å². The van der Waals surface area contributed by atoms with E-state index in [-0.39, 0.29) is 5.91 Å². The zero-order chi connectivity index (χ0) is 21.0.